The summed E-state index contributed by atoms with van der Waals surface area (Å²) >= 11 is 3.30. The van der Waals surface area contributed by atoms with Crippen LogP contribution in [0.1, 0.15) is 11.1 Å². The molecule has 24 heavy (non-hydrogen) atoms. The van der Waals surface area contributed by atoms with Crippen LogP contribution in [0.5, 0.6) is 5.75 Å². The predicted octanol–water partition coefficient (Wildman–Crippen LogP) is 3.26. The van der Waals surface area contributed by atoms with Crippen molar-refractivity contribution in [2.75, 3.05) is 20.3 Å². The molecule has 0 spiro atoms. The van der Waals surface area contributed by atoms with Crippen molar-refractivity contribution in [2.24, 2.45) is 0 Å². The molecule has 5 nitrogen and oxygen atoms in total. The standard InChI is InChI=1S/C17H20BrNO4S/c1-13-3-8-17(16(18)11-13)24(20,21)19-12-14-4-6-15(7-5-14)23-10-9-22-2/h3-8,11,19H,9-10,12H2,1-2H3. The van der Waals surface area contributed by atoms with Gasteiger partial charge in [0.05, 0.1) is 11.5 Å². The summed E-state index contributed by atoms with van der Waals surface area (Å²) in [4.78, 5) is 0.229. The average molecular weight is 414 g/mol. The zero-order valence-electron chi connectivity index (χ0n) is 13.6. The first-order valence-corrected chi connectivity index (χ1v) is 9.66. The van der Waals surface area contributed by atoms with Crippen LogP contribution in [0.4, 0.5) is 0 Å². The van der Waals surface area contributed by atoms with Crippen molar-refractivity contribution in [2.45, 2.75) is 18.4 Å². The quantitative estimate of drug-likeness (QED) is 0.674. The minimum Gasteiger partial charge on any atom is -0.491 e. The zero-order valence-corrected chi connectivity index (χ0v) is 16.0. The molecule has 0 amide bonds. The van der Waals surface area contributed by atoms with Gasteiger partial charge in [-0.05, 0) is 58.2 Å². The molecule has 130 valence electrons. The highest BCUT2D eigenvalue weighted by molar-refractivity contribution is 9.10. The number of hydrogen-bond donors (Lipinski definition) is 1. The summed E-state index contributed by atoms with van der Waals surface area (Å²) in [7, 11) is -1.96. The third kappa shape index (κ3) is 5.31. The minimum atomic E-state index is -3.58. The van der Waals surface area contributed by atoms with E-state index >= 15 is 0 Å². The highest BCUT2D eigenvalue weighted by Gasteiger charge is 2.17. The Bertz CT molecular complexity index is 776. The van der Waals surface area contributed by atoms with Crippen molar-refractivity contribution in [3.63, 3.8) is 0 Å². The molecule has 0 fully saturated rings. The van der Waals surface area contributed by atoms with Gasteiger partial charge in [0, 0.05) is 18.1 Å². The molecule has 0 aliphatic carbocycles. The molecule has 2 aromatic rings. The van der Waals surface area contributed by atoms with E-state index in [1.807, 2.05) is 19.1 Å². The molecule has 0 bridgehead atoms. The van der Waals surface area contributed by atoms with Crippen LogP contribution in [0.2, 0.25) is 0 Å². The Hall–Kier alpha value is -1.41. The largest absolute Gasteiger partial charge is 0.491 e. The Balaban J connectivity index is 1.99. The molecule has 0 heterocycles. The molecule has 0 aliphatic rings. The maximum Gasteiger partial charge on any atom is 0.241 e. The van der Waals surface area contributed by atoms with Crippen molar-refractivity contribution >= 4 is 26.0 Å². The molecule has 0 aromatic heterocycles. The van der Waals surface area contributed by atoms with Crippen LogP contribution in [-0.2, 0) is 21.3 Å². The van der Waals surface area contributed by atoms with Gasteiger partial charge in [-0.1, -0.05) is 18.2 Å². The number of aryl methyl sites for hydroxylation is 1. The molecule has 7 heteroatoms. The molecule has 2 rings (SSSR count). The Morgan fingerprint density at radius 3 is 2.42 bits per heavy atom. The maximum atomic E-state index is 12.4. The van der Waals surface area contributed by atoms with E-state index in [2.05, 4.69) is 20.7 Å². The molecule has 1 N–H and O–H groups in total. The first kappa shape index (κ1) is 18.9. The third-order valence-electron chi connectivity index (χ3n) is 3.32. The van der Waals surface area contributed by atoms with Crippen molar-refractivity contribution < 1.29 is 17.9 Å². The van der Waals surface area contributed by atoms with Gasteiger partial charge in [-0.25, -0.2) is 13.1 Å². The molecule has 0 unspecified atom stereocenters. The van der Waals surface area contributed by atoms with Crippen LogP contribution in [-0.4, -0.2) is 28.7 Å². The number of halogens is 1. The van der Waals surface area contributed by atoms with E-state index in [0.717, 1.165) is 16.9 Å². The second kappa shape index (κ2) is 8.62. The van der Waals surface area contributed by atoms with Crippen LogP contribution >= 0.6 is 15.9 Å². The third-order valence-corrected chi connectivity index (χ3v) is 5.70. The summed E-state index contributed by atoms with van der Waals surface area (Å²) in [5, 5.41) is 0. The molecule has 2 aromatic carbocycles. The van der Waals surface area contributed by atoms with Crippen molar-refractivity contribution in [1.29, 1.82) is 0 Å². The van der Waals surface area contributed by atoms with Gasteiger partial charge in [-0.2, -0.15) is 0 Å². The van der Waals surface area contributed by atoms with Gasteiger partial charge in [0.1, 0.15) is 12.4 Å². The fraction of sp³-hybridized carbons (Fsp3) is 0.294. The lowest BCUT2D eigenvalue weighted by molar-refractivity contribution is 0.146. The fourth-order valence-electron chi connectivity index (χ4n) is 2.03. The van der Waals surface area contributed by atoms with Crippen molar-refractivity contribution in [3.05, 3.63) is 58.1 Å². The monoisotopic (exact) mass is 413 g/mol. The average Bonchev–Trinajstić information content (AvgIpc) is 2.54. The van der Waals surface area contributed by atoms with Gasteiger partial charge < -0.3 is 9.47 Å². The summed E-state index contributed by atoms with van der Waals surface area (Å²) in [5.41, 5.74) is 1.84. The Kier molecular flexibility index (Phi) is 6.79. The number of sulfonamides is 1. The van der Waals surface area contributed by atoms with Gasteiger partial charge in [0.25, 0.3) is 0 Å². The van der Waals surface area contributed by atoms with Gasteiger partial charge in [-0.3, -0.25) is 0 Å². The van der Waals surface area contributed by atoms with Gasteiger partial charge in [0.2, 0.25) is 10.0 Å². The van der Waals surface area contributed by atoms with Gasteiger partial charge >= 0.3 is 0 Å². The summed E-state index contributed by atoms with van der Waals surface area (Å²) < 4.78 is 38.3. The van der Waals surface area contributed by atoms with E-state index in [4.69, 9.17) is 9.47 Å². The molecular weight excluding hydrogens is 394 g/mol. The lowest BCUT2D eigenvalue weighted by Crippen LogP contribution is -2.23. The lowest BCUT2D eigenvalue weighted by atomic mass is 10.2. The van der Waals surface area contributed by atoms with Crippen LogP contribution in [0, 0.1) is 6.92 Å². The fourth-order valence-corrected chi connectivity index (χ4v) is 4.23. The van der Waals surface area contributed by atoms with Gasteiger partial charge in [-0.15, -0.1) is 0 Å². The van der Waals surface area contributed by atoms with E-state index in [1.54, 1.807) is 37.4 Å². The number of nitrogens with one attached hydrogen (secondary N) is 1. The van der Waals surface area contributed by atoms with E-state index in [1.165, 1.54) is 0 Å². The Labute approximate surface area is 151 Å². The summed E-state index contributed by atoms with van der Waals surface area (Å²) in [6.45, 7) is 3.11. The van der Waals surface area contributed by atoms with Gasteiger partial charge in [0.15, 0.2) is 0 Å². The van der Waals surface area contributed by atoms with E-state index < -0.39 is 10.0 Å². The predicted molar refractivity (Wildman–Crippen MR) is 96.7 cm³/mol. The molecule has 0 radical (unpaired) electrons. The second-order valence-corrected chi connectivity index (χ2v) is 7.83. The molecule has 0 atom stereocenters. The molecule has 0 saturated heterocycles. The highest BCUT2D eigenvalue weighted by atomic mass is 79.9. The summed E-state index contributed by atoms with van der Waals surface area (Å²) in [5.74, 6) is 0.722. The smallest absolute Gasteiger partial charge is 0.241 e. The van der Waals surface area contributed by atoms with Crippen molar-refractivity contribution in [1.82, 2.24) is 4.72 Å². The number of hydrogen-bond acceptors (Lipinski definition) is 4. The minimum absolute atomic E-state index is 0.209. The van der Waals surface area contributed by atoms with E-state index in [9.17, 15) is 8.42 Å². The summed E-state index contributed by atoms with van der Waals surface area (Å²) in [6, 6.07) is 12.4. The number of benzene rings is 2. The second-order valence-electron chi connectivity index (χ2n) is 5.24. The number of ether oxygens (including phenoxy) is 2. The van der Waals surface area contributed by atoms with Crippen LogP contribution in [0.15, 0.2) is 51.8 Å². The highest BCUT2D eigenvalue weighted by Crippen LogP contribution is 2.23. The first-order valence-electron chi connectivity index (χ1n) is 7.39. The molecular formula is C17H20BrNO4S. The first-order chi connectivity index (χ1) is 11.4. The number of rotatable bonds is 8. The van der Waals surface area contributed by atoms with Crippen LogP contribution in [0.3, 0.4) is 0 Å². The van der Waals surface area contributed by atoms with Crippen molar-refractivity contribution in [3.8, 4) is 5.75 Å². The normalized spacial score (nSPS) is 11.5. The summed E-state index contributed by atoms with van der Waals surface area (Å²) in [6.07, 6.45) is 0. The number of methoxy groups -OCH3 is 1. The molecule has 0 aliphatic heterocycles. The zero-order chi connectivity index (χ0) is 17.6. The maximum absolute atomic E-state index is 12.4. The lowest BCUT2D eigenvalue weighted by Gasteiger charge is -2.10. The van der Waals surface area contributed by atoms with E-state index in [0.29, 0.717) is 17.7 Å². The Morgan fingerprint density at radius 2 is 1.79 bits per heavy atom. The topological polar surface area (TPSA) is 64.6 Å². The van der Waals surface area contributed by atoms with E-state index in [-0.39, 0.29) is 11.4 Å². The van der Waals surface area contributed by atoms with Crippen LogP contribution < -0.4 is 9.46 Å². The SMILES string of the molecule is COCCOc1ccc(CNS(=O)(=O)c2ccc(C)cc2Br)cc1. The Morgan fingerprint density at radius 1 is 1.08 bits per heavy atom. The molecule has 0 saturated carbocycles. The van der Waals surface area contributed by atoms with Crippen LogP contribution in [0.25, 0.3) is 0 Å².